The summed E-state index contributed by atoms with van der Waals surface area (Å²) in [5.74, 6) is 2.31. The molecule has 4 rings (SSSR count). The van der Waals surface area contributed by atoms with Crippen molar-refractivity contribution in [3.05, 3.63) is 66.2 Å². The zero-order chi connectivity index (χ0) is 20.2. The lowest BCUT2D eigenvalue weighted by Gasteiger charge is -2.12. The fourth-order valence-electron chi connectivity index (χ4n) is 2.96. The summed E-state index contributed by atoms with van der Waals surface area (Å²) in [4.78, 5) is 12.5. The molecule has 29 heavy (non-hydrogen) atoms. The minimum atomic E-state index is -0.219. The van der Waals surface area contributed by atoms with Crippen molar-refractivity contribution < 1.29 is 23.7 Å². The van der Waals surface area contributed by atoms with E-state index in [1.54, 1.807) is 32.4 Å². The van der Waals surface area contributed by atoms with Gasteiger partial charge in [0.25, 0.3) is 5.91 Å². The number of ether oxygens (including phenoxy) is 4. The molecule has 1 amide bonds. The van der Waals surface area contributed by atoms with Gasteiger partial charge in [0.2, 0.25) is 6.79 Å². The van der Waals surface area contributed by atoms with Crippen LogP contribution in [0, 0.1) is 0 Å². The number of amides is 1. The Morgan fingerprint density at radius 3 is 2.24 bits per heavy atom. The van der Waals surface area contributed by atoms with Crippen LogP contribution in [-0.2, 0) is 0 Å². The molecule has 0 unspecified atom stereocenters. The van der Waals surface area contributed by atoms with Gasteiger partial charge in [0.05, 0.1) is 14.2 Å². The van der Waals surface area contributed by atoms with Crippen LogP contribution in [-0.4, -0.2) is 26.9 Å². The van der Waals surface area contributed by atoms with Crippen LogP contribution in [0.15, 0.2) is 60.7 Å². The second-order valence-electron chi connectivity index (χ2n) is 6.29. The van der Waals surface area contributed by atoms with Crippen molar-refractivity contribution in [1.82, 2.24) is 0 Å². The lowest BCUT2D eigenvalue weighted by atomic mass is 10.2. The SMILES string of the molecule is COc1ccc(Nc2ccc(NC(=O)c3ccc4c(c3)OCO4)cc2)cc1OC. The Hall–Kier alpha value is -3.87. The zero-order valence-corrected chi connectivity index (χ0v) is 16.0. The first-order valence-corrected chi connectivity index (χ1v) is 8.96. The fraction of sp³-hybridized carbons (Fsp3) is 0.136. The Kier molecular flexibility index (Phi) is 5.11. The maximum Gasteiger partial charge on any atom is 0.255 e. The number of carbonyl (C=O) groups is 1. The third kappa shape index (κ3) is 4.03. The van der Waals surface area contributed by atoms with E-state index < -0.39 is 0 Å². The summed E-state index contributed by atoms with van der Waals surface area (Å²) in [6, 6.07) is 18.1. The molecule has 0 aromatic heterocycles. The monoisotopic (exact) mass is 392 g/mol. The number of methoxy groups -OCH3 is 2. The number of rotatable bonds is 6. The highest BCUT2D eigenvalue weighted by Gasteiger charge is 2.16. The van der Waals surface area contributed by atoms with Crippen LogP contribution in [0.25, 0.3) is 0 Å². The molecule has 0 aliphatic carbocycles. The molecular weight excluding hydrogens is 372 g/mol. The second kappa shape index (κ2) is 8.02. The van der Waals surface area contributed by atoms with Gasteiger partial charge in [-0.25, -0.2) is 0 Å². The van der Waals surface area contributed by atoms with Gasteiger partial charge in [-0.2, -0.15) is 0 Å². The molecule has 0 saturated carbocycles. The predicted molar refractivity (Wildman–Crippen MR) is 110 cm³/mol. The molecule has 3 aromatic carbocycles. The van der Waals surface area contributed by atoms with Gasteiger partial charge in [0, 0.05) is 28.7 Å². The number of anilines is 3. The summed E-state index contributed by atoms with van der Waals surface area (Å²) in [7, 11) is 3.20. The van der Waals surface area contributed by atoms with E-state index in [0.717, 1.165) is 11.4 Å². The highest BCUT2D eigenvalue weighted by atomic mass is 16.7. The van der Waals surface area contributed by atoms with E-state index in [0.29, 0.717) is 34.2 Å². The molecule has 1 heterocycles. The molecule has 1 aliphatic rings. The van der Waals surface area contributed by atoms with Gasteiger partial charge in [-0.15, -0.1) is 0 Å². The van der Waals surface area contributed by atoms with Gasteiger partial charge in [-0.3, -0.25) is 4.79 Å². The summed E-state index contributed by atoms with van der Waals surface area (Å²) in [6.07, 6.45) is 0. The van der Waals surface area contributed by atoms with E-state index in [-0.39, 0.29) is 12.7 Å². The van der Waals surface area contributed by atoms with E-state index in [1.165, 1.54) is 0 Å². The van der Waals surface area contributed by atoms with E-state index in [2.05, 4.69) is 10.6 Å². The van der Waals surface area contributed by atoms with Gasteiger partial charge < -0.3 is 29.6 Å². The molecule has 0 fully saturated rings. The predicted octanol–water partition coefficient (Wildman–Crippen LogP) is 4.43. The van der Waals surface area contributed by atoms with E-state index in [1.807, 2.05) is 42.5 Å². The largest absolute Gasteiger partial charge is 0.493 e. The lowest BCUT2D eigenvalue weighted by molar-refractivity contribution is 0.102. The minimum absolute atomic E-state index is 0.176. The minimum Gasteiger partial charge on any atom is -0.493 e. The first-order valence-electron chi connectivity index (χ1n) is 8.96. The summed E-state index contributed by atoms with van der Waals surface area (Å²) >= 11 is 0. The molecule has 7 nitrogen and oxygen atoms in total. The molecule has 7 heteroatoms. The summed E-state index contributed by atoms with van der Waals surface area (Å²) in [6.45, 7) is 0.176. The van der Waals surface area contributed by atoms with E-state index in [9.17, 15) is 4.79 Å². The first-order chi connectivity index (χ1) is 14.2. The van der Waals surface area contributed by atoms with E-state index in [4.69, 9.17) is 18.9 Å². The van der Waals surface area contributed by atoms with Crippen molar-refractivity contribution in [2.45, 2.75) is 0 Å². The van der Waals surface area contributed by atoms with Crippen LogP contribution in [0.2, 0.25) is 0 Å². The molecule has 2 N–H and O–H groups in total. The number of carbonyl (C=O) groups excluding carboxylic acids is 1. The van der Waals surface area contributed by atoms with Crippen LogP contribution < -0.4 is 29.6 Å². The third-order valence-electron chi connectivity index (χ3n) is 4.45. The number of benzene rings is 3. The normalized spacial score (nSPS) is 11.7. The van der Waals surface area contributed by atoms with Crippen molar-refractivity contribution in [3.8, 4) is 23.0 Å². The Morgan fingerprint density at radius 1 is 0.793 bits per heavy atom. The molecular formula is C22H20N2O5. The van der Waals surface area contributed by atoms with Crippen molar-refractivity contribution in [2.24, 2.45) is 0 Å². The maximum absolute atomic E-state index is 12.5. The van der Waals surface area contributed by atoms with Crippen LogP contribution >= 0.6 is 0 Å². The molecule has 0 atom stereocenters. The van der Waals surface area contributed by atoms with Crippen molar-refractivity contribution in [3.63, 3.8) is 0 Å². The molecule has 0 radical (unpaired) electrons. The number of nitrogens with one attached hydrogen (secondary N) is 2. The highest BCUT2D eigenvalue weighted by molar-refractivity contribution is 6.04. The van der Waals surface area contributed by atoms with Crippen molar-refractivity contribution in [2.75, 3.05) is 31.6 Å². The van der Waals surface area contributed by atoms with E-state index >= 15 is 0 Å². The van der Waals surface area contributed by atoms with Crippen LogP contribution in [0.4, 0.5) is 17.1 Å². The van der Waals surface area contributed by atoms with Gasteiger partial charge >= 0.3 is 0 Å². The van der Waals surface area contributed by atoms with Crippen molar-refractivity contribution >= 4 is 23.0 Å². The van der Waals surface area contributed by atoms with Gasteiger partial charge in [-0.1, -0.05) is 0 Å². The van der Waals surface area contributed by atoms with Gasteiger partial charge in [-0.05, 0) is 54.6 Å². The summed E-state index contributed by atoms with van der Waals surface area (Å²) < 4.78 is 21.1. The summed E-state index contributed by atoms with van der Waals surface area (Å²) in [5, 5.41) is 6.17. The molecule has 148 valence electrons. The topological polar surface area (TPSA) is 78.1 Å². The van der Waals surface area contributed by atoms with Crippen molar-refractivity contribution in [1.29, 1.82) is 0 Å². The highest BCUT2D eigenvalue weighted by Crippen LogP contribution is 2.33. The first kappa shape index (κ1) is 18.5. The van der Waals surface area contributed by atoms with Crippen LogP contribution in [0.3, 0.4) is 0 Å². The van der Waals surface area contributed by atoms with Crippen LogP contribution in [0.5, 0.6) is 23.0 Å². The third-order valence-corrected chi connectivity index (χ3v) is 4.45. The Balaban J connectivity index is 1.42. The average Bonchev–Trinajstić information content (AvgIpc) is 3.23. The van der Waals surface area contributed by atoms with Gasteiger partial charge in [0.1, 0.15) is 0 Å². The number of hydrogen-bond acceptors (Lipinski definition) is 6. The molecule has 0 saturated heterocycles. The quantitative estimate of drug-likeness (QED) is 0.646. The smallest absolute Gasteiger partial charge is 0.255 e. The van der Waals surface area contributed by atoms with Gasteiger partial charge in [0.15, 0.2) is 23.0 Å². The maximum atomic E-state index is 12.5. The summed E-state index contributed by atoms with van der Waals surface area (Å²) in [5.41, 5.74) is 2.92. The Labute approximate surface area is 168 Å². The molecule has 0 spiro atoms. The fourth-order valence-corrected chi connectivity index (χ4v) is 2.96. The number of hydrogen-bond donors (Lipinski definition) is 2. The lowest BCUT2D eigenvalue weighted by Crippen LogP contribution is -2.11. The molecule has 0 bridgehead atoms. The molecule has 3 aromatic rings. The Morgan fingerprint density at radius 2 is 1.48 bits per heavy atom. The standard InChI is InChI=1S/C22H20N2O5/c1-26-18-10-8-17(12-20(18)27-2)23-15-4-6-16(7-5-15)24-22(25)14-3-9-19-21(11-14)29-13-28-19/h3-12,23H,13H2,1-2H3,(H,24,25). The average molecular weight is 392 g/mol. The second-order valence-corrected chi connectivity index (χ2v) is 6.29. The molecule has 1 aliphatic heterocycles. The zero-order valence-electron chi connectivity index (χ0n) is 16.0. The van der Waals surface area contributed by atoms with Crippen LogP contribution in [0.1, 0.15) is 10.4 Å². The number of fused-ring (bicyclic) bond motifs is 1. The Bertz CT molecular complexity index is 1030.